The Morgan fingerprint density at radius 1 is 1.21 bits per heavy atom. The lowest BCUT2D eigenvalue weighted by molar-refractivity contribution is -0.132. The van der Waals surface area contributed by atoms with Gasteiger partial charge in [0, 0.05) is 25.7 Å². The van der Waals surface area contributed by atoms with E-state index in [-0.39, 0.29) is 42.2 Å². The molecule has 0 aliphatic heterocycles. The summed E-state index contributed by atoms with van der Waals surface area (Å²) in [4.78, 5) is 39.4. The van der Waals surface area contributed by atoms with Gasteiger partial charge in [-0.25, -0.2) is 18.4 Å². The van der Waals surface area contributed by atoms with Crippen molar-refractivity contribution >= 4 is 22.8 Å². The molecule has 0 unspecified atom stereocenters. The van der Waals surface area contributed by atoms with Gasteiger partial charge in [0.1, 0.15) is 5.39 Å². The van der Waals surface area contributed by atoms with Crippen LogP contribution in [0, 0.1) is 5.92 Å². The Bertz CT molecular complexity index is 927. The topological polar surface area (TPSA) is 122 Å². The number of carbonyl (C=O) groups is 2. The summed E-state index contributed by atoms with van der Waals surface area (Å²) >= 11 is 0. The second-order valence-corrected chi connectivity index (χ2v) is 7.44. The van der Waals surface area contributed by atoms with Crippen LogP contribution >= 0.6 is 0 Å². The van der Waals surface area contributed by atoms with E-state index in [1.807, 2.05) is 0 Å². The van der Waals surface area contributed by atoms with E-state index in [9.17, 15) is 23.2 Å². The highest BCUT2D eigenvalue weighted by Gasteiger charge is 2.36. The van der Waals surface area contributed by atoms with Gasteiger partial charge in [-0.15, -0.1) is 0 Å². The molecule has 158 valence electrons. The molecule has 2 saturated carbocycles. The quantitative estimate of drug-likeness (QED) is 0.652. The molecule has 11 heteroatoms. The van der Waals surface area contributed by atoms with E-state index in [0.29, 0.717) is 23.9 Å². The molecular formula is C18H24F2N6O3. The lowest BCUT2D eigenvalue weighted by Crippen LogP contribution is -2.45. The van der Waals surface area contributed by atoms with Gasteiger partial charge in [0.05, 0.1) is 18.6 Å². The highest BCUT2D eigenvalue weighted by molar-refractivity contribution is 5.82. The summed E-state index contributed by atoms with van der Waals surface area (Å²) in [7, 11) is 0. The third-order valence-corrected chi connectivity index (χ3v) is 5.27. The van der Waals surface area contributed by atoms with E-state index in [0.717, 1.165) is 19.3 Å². The van der Waals surface area contributed by atoms with Crippen molar-refractivity contribution in [2.24, 2.45) is 5.92 Å². The van der Waals surface area contributed by atoms with E-state index >= 15 is 0 Å². The van der Waals surface area contributed by atoms with Crippen LogP contribution in [0.2, 0.25) is 0 Å². The van der Waals surface area contributed by atoms with Crippen LogP contribution < -0.4 is 16.4 Å². The van der Waals surface area contributed by atoms with Crippen LogP contribution in [0.5, 0.6) is 0 Å². The van der Waals surface area contributed by atoms with Gasteiger partial charge in [-0.3, -0.25) is 25.2 Å². The summed E-state index contributed by atoms with van der Waals surface area (Å²) in [6, 6.07) is -0.101. The Hall–Kier alpha value is -2.85. The number of fused-ring (bicyclic) bond motifs is 1. The number of alkyl halides is 2. The van der Waals surface area contributed by atoms with Crippen molar-refractivity contribution in [3.05, 3.63) is 22.9 Å². The molecule has 0 spiro atoms. The second-order valence-electron chi connectivity index (χ2n) is 7.44. The fraction of sp³-hybridized carbons (Fsp3) is 0.611. The molecule has 0 saturated heterocycles. The van der Waals surface area contributed by atoms with Crippen LogP contribution in [0.25, 0.3) is 11.0 Å². The average molecular weight is 410 g/mol. The van der Waals surface area contributed by atoms with Crippen LogP contribution in [-0.4, -0.2) is 37.5 Å². The van der Waals surface area contributed by atoms with Crippen molar-refractivity contribution in [2.45, 2.75) is 63.8 Å². The van der Waals surface area contributed by atoms with E-state index in [4.69, 9.17) is 0 Å². The van der Waals surface area contributed by atoms with Crippen molar-refractivity contribution in [1.29, 1.82) is 0 Å². The zero-order chi connectivity index (χ0) is 21.0. The lowest BCUT2D eigenvalue weighted by atomic mass is 9.85. The summed E-state index contributed by atoms with van der Waals surface area (Å²) < 4.78 is 27.8. The predicted molar refractivity (Wildman–Crippen MR) is 99.9 cm³/mol. The summed E-state index contributed by atoms with van der Waals surface area (Å²) in [5, 5.41) is 4.51. The molecule has 3 N–H and O–H groups in total. The highest BCUT2D eigenvalue weighted by Crippen LogP contribution is 2.38. The maximum Gasteiger partial charge on any atom is 0.261 e. The molecular weight excluding hydrogens is 386 g/mol. The number of aromatic nitrogens is 4. The van der Waals surface area contributed by atoms with Crippen LogP contribution in [0.15, 0.2) is 17.3 Å². The Morgan fingerprint density at radius 2 is 1.90 bits per heavy atom. The van der Waals surface area contributed by atoms with Crippen LogP contribution in [0.1, 0.15) is 57.9 Å². The average Bonchev–Trinajstić information content (AvgIpc) is 3.05. The summed E-state index contributed by atoms with van der Waals surface area (Å²) in [6.45, 7) is 1.36. The normalized spacial score (nSPS) is 19.0. The molecule has 2 aliphatic rings. The number of nitrogens with zero attached hydrogens (tertiary/aromatic N) is 3. The molecule has 2 aromatic rings. The SMILES string of the molecule is CC(=O)NNC(=O)C1CCC1.O=c1[nH]cnc2c1cnn2C1CCC(F)(F)CC1. The van der Waals surface area contributed by atoms with E-state index < -0.39 is 5.92 Å². The number of nitrogens with one attached hydrogen (secondary N) is 3. The third kappa shape index (κ3) is 5.15. The first kappa shape index (κ1) is 20.9. The minimum Gasteiger partial charge on any atom is -0.312 e. The van der Waals surface area contributed by atoms with Gasteiger partial charge < -0.3 is 4.98 Å². The van der Waals surface area contributed by atoms with Crippen molar-refractivity contribution in [2.75, 3.05) is 0 Å². The van der Waals surface area contributed by atoms with Crippen molar-refractivity contribution < 1.29 is 18.4 Å². The number of halogens is 2. The molecule has 9 nitrogen and oxygen atoms in total. The Labute approximate surface area is 165 Å². The predicted octanol–water partition coefficient (Wildman–Crippen LogP) is 1.82. The number of hydrazine groups is 1. The smallest absolute Gasteiger partial charge is 0.261 e. The molecule has 4 rings (SSSR count). The lowest BCUT2D eigenvalue weighted by Gasteiger charge is -2.28. The number of amides is 2. The molecule has 0 aromatic carbocycles. The third-order valence-electron chi connectivity index (χ3n) is 5.27. The molecule has 2 heterocycles. The number of H-pyrrole nitrogens is 1. The Morgan fingerprint density at radius 3 is 2.48 bits per heavy atom. The fourth-order valence-electron chi connectivity index (χ4n) is 3.33. The van der Waals surface area contributed by atoms with Crippen LogP contribution in [0.4, 0.5) is 8.78 Å². The molecule has 0 bridgehead atoms. The number of aromatic amines is 1. The fourth-order valence-corrected chi connectivity index (χ4v) is 3.33. The second kappa shape index (κ2) is 8.66. The first-order valence-corrected chi connectivity index (χ1v) is 9.62. The van der Waals surface area contributed by atoms with Crippen molar-refractivity contribution in [1.82, 2.24) is 30.6 Å². The maximum atomic E-state index is 13.1. The molecule has 0 radical (unpaired) electrons. The highest BCUT2D eigenvalue weighted by atomic mass is 19.3. The van der Waals surface area contributed by atoms with Gasteiger partial charge in [-0.05, 0) is 25.7 Å². The van der Waals surface area contributed by atoms with Crippen LogP contribution in [0.3, 0.4) is 0 Å². The van der Waals surface area contributed by atoms with Crippen LogP contribution in [-0.2, 0) is 9.59 Å². The summed E-state index contributed by atoms with van der Waals surface area (Å²) in [5.74, 6) is -2.74. The Balaban J connectivity index is 0.000000188. The summed E-state index contributed by atoms with van der Waals surface area (Å²) in [6.07, 6.45) is 6.21. The zero-order valence-corrected chi connectivity index (χ0v) is 16.1. The number of hydrogen-bond donors (Lipinski definition) is 3. The number of carbonyl (C=O) groups excluding carboxylic acids is 2. The zero-order valence-electron chi connectivity index (χ0n) is 16.1. The molecule has 29 heavy (non-hydrogen) atoms. The van der Waals surface area contributed by atoms with Gasteiger partial charge in [-0.2, -0.15) is 5.10 Å². The van der Waals surface area contributed by atoms with E-state index in [1.165, 1.54) is 19.4 Å². The Kier molecular flexibility index (Phi) is 6.23. The largest absolute Gasteiger partial charge is 0.312 e. The first-order valence-electron chi connectivity index (χ1n) is 9.62. The maximum absolute atomic E-state index is 13.1. The summed E-state index contributed by atoms with van der Waals surface area (Å²) in [5.41, 5.74) is 4.81. The van der Waals surface area contributed by atoms with Gasteiger partial charge in [0.2, 0.25) is 17.7 Å². The molecule has 2 fully saturated rings. The monoisotopic (exact) mass is 410 g/mol. The minimum atomic E-state index is -2.57. The number of rotatable bonds is 2. The van der Waals surface area contributed by atoms with Gasteiger partial charge >= 0.3 is 0 Å². The van der Waals surface area contributed by atoms with E-state index in [1.54, 1.807) is 4.68 Å². The molecule has 0 atom stereocenters. The van der Waals surface area contributed by atoms with Gasteiger partial charge in [-0.1, -0.05) is 6.42 Å². The van der Waals surface area contributed by atoms with E-state index in [2.05, 4.69) is 25.9 Å². The molecule has 2 aliphatic carbocycles. The van der Waals surface area contributed by atoms with Crippen molar-refractivity contribution in [3.8, 4) is 0 Å². The number of hydrogen-bond acceptors (Lipinski definition) is 5. The first-order chi connectivity index (χ1) is 13.8. The van der Waals surface area contributed by atoms with Crippen molar-refractivity contribution in [3.63, 3.8) is 0 Å². The standard InChI is InChI=1S/C11H12F2N4O.C7H12N2O2/c12-11(13)3-1-7(2-4-11)17-9-8(5-16-17)10(18)15-6-14-9;1-5(10)8-9-7(11)6-3-2-4-6/h5-7H,1-4H2,(H,14,15,18);6H,2-4H2,1H3,(H,8,10)(H,9,11). The van der Waals surface area contributed by atoms with Gasteiger partial charge in [0.15, 0.2) is 5.65 Å². The molecule has 2 amide bonds. The minimum absolute atomic E-state index is 0.0635. The van der Waals surface area contributed by atoms with Gasteiger partial charge in [0.25, 0.3) is 5.56 Å². The molecule has 2 aromatic heterocycles.